The van der Waals surface area contributed by atoms with Crippen molar-refractivity contribution in [3.63, 3.8) is 0 Å². The number of nitrogens with zero attached hydrogens (tertiary/aromatic N) is 2. The highest BCUT2D eigenvalue weighted by Gasteiger charge is 2.25. The van der Waals surface area contributed by atoms with Gasteiger partial charge >= 0.3 is 0 Å². The minimum atomic E-state index is 0.511. The van der Waals surface area contributed by atoms with Gasteiger partial charge in [0.1, 0.15) is 0 Å². The van der Waals surface area contributed by atoms with Crippen molar-refractivity contribution in [3.05, 3.63) is 29.6 Å². The minimum absolute atomic E-state index is 0.511. The molecule has 0 bridgehead atoms. The second kappa shape index (κ2) is 5.15. The highest BCUT2D eigenvalue weighted by Crippen LogP contribution is 2.30. The van der Waals surface area contributed by atoms with E-state index < -0.39 is 0 Å². The van der Waals surface area contributed by atoms with Crippen LogP contribution in [0, 0.1) is 5.41 Å². The SMILES string of the molecule is CC1(C)CCN(Cc2ncccc2CN)CC1. The summed E-state index contributed by atoms with van der Waals surface area (Å²) in [5, 5.41) is 0. The fourth-order valence-electron chi connectivity index (χ4n) is 2.33. The van der Waals surface area contributed by atoms with E-state index in [4.69, 9.17) is 5.73 Å². The molecule has 17 heavy (non-hydrogen) atoms. The van der Waals surface area contributed by atoms with Gasteiger partial charge in [-0.3, -0.25) is 9.88 Å². The van der Waals surface area contributed by atoms with Crippen molar-refractivity contribution in [2.45, 2.75) is 39.8 Å². The number of rotatable bonds is 3. The van der Waals surface area contributed by atoms with Gasteiger partial charge in [0.05, 0.1) is 5.69 Å². The number of likely N-dealkylation sites (tertiary alicyclic amines) is 1. The summed E-state index contributed by atoms with van der Waals surface area (Å²) in [6.07, 6.45) is 4.41. The van der Waals surface area contributed by atoms with E-state index in [0.29, 0.717) is 12.0 Å². The van der Waals surface area contributed by atoms with Crippen LogP contribution in [0.3, 0.4) is 0 Å². The number of pyridine rings is 1. The molecule has 1 aromatic heterocycles. The Kier molecular flexibility index (Phi) is 3.79. The van der Waals surface area contributed by atoms with Crippen molar-refractivity contribution in [3.8, 4) is 0 Å². The van der Waals surface area contributed by atoms with Gasteiger partial charge in [0.2, 0.25) is 0 Å². The molecule has 94 valence electrons. The van der Waals surface area contributed by atoms with Gasteiger partial charge in [-0.25, -0.2) is 0 Å². The molecule has 0 amide bonds. The monoisotopic (exact) mass is 233 g/mol. The fourth-order valence-corrected chi connectivity index (χ4v) is 2.33. The van der Waals surface area contributed by atoms with E-state index in [1.165, 1.54) is 31.5 Å². The highest BCUT2D eigenvalue weighted by atomic mass is 15.1. The molecule has 0 atom stereocenters. The van der Waals surface area contributed by atoms with Gasteiger partial charge in [-0.15, -0.1) is 0 Å². The van der Waals surface area contributed by atoms with Crippen molar-refractivity contribution in [2.24, 2.45) is 11.1 Å². The molecule has 2 N–H and O–H groups in total. The lowest BCUT2D eigenvalue weighted by Gasteiger charge is -2.36. The molecule has 1 fully saturated rings. The Bertz CT molecular complexity index is 363. The van der Waals surface area contributed by atoms with E-state index in [0.717, 1.165) is 12.2 Å². The van der Waals surface area contributed by atoms with Crippen molar-refractivity contribution < 1.29 is 0 Å². The summed E-state index contributed by atoms with van der Waals surface area (Å²) in [6.45, 7) is 8.60. The molecule has 2 rings (SSSR count). The Morgan fingerprint density at radius 3 is 2.71 bits per heavy atom. The first-order chi connectivity index (χ1) is 8.11. The molecule has 1 aliphatic rings. The van der Waals surface area contributed by atoms with Crippen LogP contribution in [0.1, 0.15) is 37.9 Å². The molecule has 2 heterocycles. The normalized spacial score (nSPS) is 20.4. The molecule has 3 heteroatoms. The van der Waals surface area contributed by atoms with Crippen LogP contribution in [-0.4, -0.2) is 23.0 Å². The maximum atomic E-state index is 5.74. The Hall–Kier alpha value is -0.930. The predicted molar refractivity (Wildman–Crippen MR) is 70.4 cm³/mol. The Morgan fingerprint density at radius 2 is 2.06 bits per heavy atom. The molecule has 0 radical (unpaired) electrons. The topological polar surface area (TPSA) is 42.2 Å². The summed E-state index contributed by atoms with van der Waals surface area (Å²) in [5.74, 6) is 0. The number of hydrogen-bond donors (Lipinski definition) is 1. The summed E-state index contributed by atoms with van der Waals surface area (Å²) in [7, 11) is 0. The first kappa shape index (κ1) is 12.5. The van der Waals surface area contributed by atoms with Crippen LogP contribution in [0.25, 0.3) is 0 Å². The smallest absolute Gasteiger partial charge is 0.0588 e. The third kappa shape index (κ3) is 3.27. The Labute approximate surface area is 104 Å². The molecule has 0 saturated carbocycles. The van der Waals surface area contributed by atoms with Crippen molar-refractivity contribution in [1.29, 1.82) is 0 Å². The lowest BCUT2D eigenvalue weighted by atomic mass is 9.82. The first-order valence-corrected chi connectivity index (χ1v) is 6.46. The van der Waals surface area contributed by atoms with Crippen LogP contribution in [0.5, 0.6) is 0 Å². The number of hydrogen-bond acceptors (Lipinski definition) is 3. The Morgan fingerprint density at radius 1 is 1.35 bits per heavy atom. The van der Waals surface area contributed by atoms with Crippen LogP contribution in [0.15, 0.2) is 18.3 Å². The average molecular weight is 233 g/mol. The number of aromatic nitrogens is 1. The fraction of sp³-hybridized carbons (Fsp3) is 0.643. The predicted octanol–water partition coefficient (Wildman–Crippen LogP) is 2.16. The van der Waals surface area contributed by atoms with E-state index in [1.54, 1.807) is 0 Å². The summed E-state index contributed by atoms with van der Waals surface area (Å²) < 4.78 is 0. The van der Waals surface area contributed by atoms with E-state index in [9.17, 15) is 0 Å². The lowest BCUT2D eigenvalue weighted by Crippen LogP contribution is -2.37. The number of piperidine rings is 1. The van der Waals surface area contributed by atoms with Crippen molar-refractivity contribution in [2.75, 3.05) is 13.1 Å². The van der Waals surface area contributed by atoms with Gasteiger partial charge in [-0.2, -0.15) is 0 Å². The maximum Gasteiger partial charge on any atom is 0.0588 e. The lowest BCUT2D eigenvalue weighted by molar-refractivity contribution is 0.125. The van der Waals surface area contributed by atoms with E-state index in [2.05, 4.69) is 29.8 Å². The van der Waals surface area contributed by atoms with Gasteiger partial charge in [0.25, 0.3) is 0 Å². The quantitative estimate of drug-likeness (QED) is 0.870. The van der Waals surface area contributed by atoms with Gasteiger partial charge in [-0.05, 0) is 43.0 Å². The summed E-state index contributed by atoms with van der Waals surface area (Å²) in [4.78, 5) is 6.95. The van der Waals surface area contributed by atoms with Crippen LogP contribution in [0.4, 0.5) is 0 Å². The van der Waals surface area contributed by atoms with Crippen LogP contribution in [0.2, 0.25) is 0 Å². The average Bonchev–Trinajstić information content (AvgIpc) is 2.32. The van der Waals surface area contributed by atoms with Crippen molar-refractivity contribution >= 4 is 0 Å². The molecule has 1 aliphatic heterocycles. The largest absolute Gasteiger partial charge is 0.326 e. The first-order valence-electron chi connectivity index (χ1n) is 6.46. The molecule has 0 aliphatic carbocycles. The van der Waals surface area contributed by atoms with Crippen LogP contribution in [-0.2, 0) is 13.1 Å². The zero-order valence-electron chi connectivity index (χ0n) is 10.9. The summed E-state index contributed by atoms with van der Waals surface area (Å²) in [6, 6.07) is 4.04. The van der Waals surface area contributed by atoms with E-state index in [1.807, 2.05) is 12.3 Å². The minimum Gasteiger partial charge on any atom is -0.326 e. The van der Waals surface area contributed by atoms with Gasteiger partial charge in [0.15, 0.2) is 0 Å². The number of nitrogens with two attached hydrogens (primary N) is 1. The second-order valence-corrected chi connectivity index (χ2v) is 5.75. The molecule has 1 saturated heterocycles. The van der Waals surface area contributed by atoms with Crippen molar-refractivity contribution in [1.82, 2.24) is 9.88 Å². The summed E-state index contributed by atoms with van der Waals surface area (Å²) >= 11 is 0. The summed E-state index contributed by atoms with van der Waals surface area (Å²) in [5.41, 5.74) is 8.58. The molecule has 0 unspecified atom stereocenters. The van der Waals surface area contributed by atoms with E-state index in [-0.39, 0.29) is 0 Å². The van der Waals surface area contributed by atoms with Gasteiger partial charge < -0.3 is 5.73 Å². The maximum absolute atomic E-state index is 5.74. The molecule has 3 nitrogen and oxygen atoms in total. The third-order valence-electron chi connectivity index (χ3n) is 3.79. The van der Waals surface area contributed by atoms with Gasteiger partial charge in [-0.1, -0.05) is 19.9 Å². The Balaban J connectivity index is 1.98. The van der Waals surface area contributed by atoms with Crippen LogP contribution >= 0.6 is 0 Å². The highest BCUT2D eigenvalue weighted by molar-refractivity contribution is 5.19. The van der Waals surface area contributed by atoms with Gasteiger partial charge in [0, 0.05) is 19.3 Å². The zero-order chi connectivity index (χ0) is 12.3. The molecule has 0 aromatic carbocycles. The standard InChI is InChI=1S/C14H23N3/c1-14(2)5-8-17(9-6-14)11-13-12(10-15)4-3-7-16-13/h3-4,7H,5-6,8-11,15H2,1-2H3. The molecule has 1 aromatic rings. The third-order valence-corrected chi connectivity index (χ3v) is 3.79. The zero-order valence-corrected chi connectivity index (χ0v) is 10.9. The van der Waals surface area contributed by atoms with Crippen LogP contribution < -0.4 is 5.73 Å². The molecular formula is C14H23N3. The second-order valence-electron chi connectivity index (χ2n) is 5.75. The van der Waals surface area contributed by atoms with E-state index >= 15 is 0 Å². The molecular weight excluding hydrogens is 210 g/mol. The molecule has 0 spiro atoms.